The van der Waals surface area contributed by atoms with Gasteiger partial charge in [0.2, 0.25) is 10.0 Å². The minimum atomic E-state index is -4.24. The number of anilines is 1. The normalized spacial score (nSPS) is 16.2. The van der Waals surface area contributed by atoms with Crippen LogP contribution in [0.15, 0.2) is 29.2 Å². The van der Waals surface area contributed by atoms with Gasteiger partial charge in [0.25, 0.3) is 0 Å². The molecule has 0 saturated heterocycles. The second kappa shape index (κ2) is 5.80. The van der Waals surface area contributed by atoms with Gasteiger partial charge >= 0.3 is 12.3 Å². The molecule has 0 atom stereocenters. The van der Waals surface area contributed by atoms with Crippen molar-refractivity contribution in [2.45, 2.75) is 36.1 Å². The van der Waals surface area contributed by atoms with Crippen LogP contribution in [-0.4, -0.2) is 33.4 Å². The summed E-state index contributed by atoms with van der Waals surface area (Å²) in [5, 5.41) is 2.09. The van der Waals surface area contributed by atoms with Gasteiger partial charge in [-0.15, -0.1) is 0 Å². The zero-order valence-electron chi connectivity index (χ0n) is 10.8. The summed E-state index contributed by atoms with van der Waals surface area (Å²) in [6.07, 6.45) is -2.38. The molecule has 2 rings (SSSR count). The molecule has 0 unspecified atom stereocenters. The van der Waals surface area contributed by atoms with Crippen LogP contribution in [0.4, 0.5) is 23.2 Å². The first-order valence-corrected chi connectivity index (χ1v) is 7.72. The van der Waals surface area contributed by atoms with Gasteiger partial charge in [0.05, 0.1) is 12.2 Å². The van der Waals surface area contributed by atoms with Gasteiger partial charge in [0.15, 0.2) is 0 Å². The van der Waals surface area contributed by atoms with Crippen molar-refractivity contribution in [2.75, 3.05) is 11.9 Å². The second-order valence-electron chi connectivity index (χ2n) is 4.81. The zero-order valence-corrected chi connectivity index (χ0v) is 11.6. The van der Waals surface area contributed by atoms with Crippen LogP contribution in [0, 0.1) is 0 Å². The fraction of sp³-hybridized carbons (Fsp3) is 0.500. The van der Waals surface area contributed by atoms with Crippen molar-refractivity contribution in [1.82, 2.24) is 4.72 Å². The van der Waals surface area contributed by atoms with Crippen LogP contribution in [0.25, 0.3) is 0 Å². The van der Waals surface area contributed by atoms with Crippen molar-refractivity contribution in [3.8, 4) is 0 Å². The molecule has 1 aliphatic rings. The van der Waals surface area contributed by atoms with Crippen LogP contribution in [0.1, 0.15) is 12.8 Å². The molecular weight excluding hydrogens is 312 g/mol. The summed E-state index contributed by atoms with van der Waals surface area (Å²) < 4.78 is 76.6. The Morgan fingerprint density at radius 1 is 1.24 bits per heavy atom. The minimum absolute atomic E-state index is 0.133. The van der Waals surface area contributed by atoms with E-state index in [1.165, 1.54) is 24.3 Å². The lowest BCUT2D eigenvalue weighted by Crippen LogP contribution is -2.35. The van der Waals surface area contributed by atoms with Gasteiger partial charge in [-0.3, -0.25) is 0 Å². The maximum atomic E-state index is 12.9. The van der Waals surface area contributed by atoms with Crippen LogP contribution in [-0.2, 0) is 10.0 Å². The second-order valence-corrected chi connectivity index (χ2v) is 6.49. The molecule has 1 fully saturated rings. The summed E-state index contributed by atoms with van der Waals surface area (Å²) in [7, 11) is -3.86. The zero-order chi connectivity index (χ0) is 15.7. The predicted molar refractivity (Wildman–Crippen MR) is 69.2 cm³/mol. The Bertz CT molecular complexity index is 603. The van der Waals surface area contributed by atoms with Crippen LogP contribution in [0.5, 0.6) is 0 Å². The highest BCUT2D eigenvalue weighted by Gasteiger charge is 2.40. The van der Waals surface area contributed by atoms with Gasteiger partial charge in [-0.1, -0.05) is 12.1 Å². The van der Waals surface area contributed by atoms with Crippen molar-refractivity contribution in [3.63, 3.8) is 0 Å². The topological polar surface area (TPSA) is 58.2 Å². The van der Waals surface area contributed by atoms with E-state index < -0.39 is 28.9 Å². The van der Waals surface area contributed by atoms with E-state index in [-0.39, 0.29) is 16.6 Å². The third-order valence-corrected chi connectivity index (χ3v) is 4.49. The predicted octanol–water partition coefficient (Wildman–Crippen LogP) is 2.44. The Hall–Kier alpha value is -1.35. The van der Waals surface area contributed by atoms with Gasteiger partial charge < -0.3 is 5.32 Å². The Kier molecular flexibility index (Phi) is 4.43. The Morgan fingerprint density at radius 3 is 2.43 bits per heavy atom. The number of para-hydroxylation sites is 1. The largest absolute Gasteiger partial charge is 0.378 e. The lowest BCUT2D eigenvalue weighted by molar-refractivity contribution is -0.117. The average molecular weight is 326 g/mol. The summed E-state index contributed by atoms with van der Waals surface area (Å²) in [5.41, 5.74) is -0.133. The molecule has 2 N–H and O–H groups in total. The number of benzene rings is 1. The van der Waals surface area contributed by atoms with E-state index in [0.29, 0.717) is 0 Å². The van der Waals surface area contributed by atoms with E-state index in [2.05, 4.69) is 10.0 Å². The van der Waals surface area contributed by atoms with Gasteiger partial charge in [-0.25, -0.2) is 21.9 Å². The van der Waals surface area contributed by atoms with E-state index in [1.54, 1.807) is 0 Å². The Balaban J connectivity index is 2.17. The molecule has 1 aromatic carbocycles. The number of nitrogens with one attached hydrogen (secondary N) is 2. The highest BCUT2D eigenvalue weighted by atomic mass is 32.2. The van der Waals surface area contributed by atoms with Gasteiger partial charge in [-0.05, 0) is 25.0 Å². The molecule has 0 bridgehead atoms. The smallest absolute Gasteiger partial charge is 0.324 e. The highest BCUT2D eigenvalue weighted by Crippen LogP contribution is 2.28. The number of halogens is 4. The molecule has 0 aliphatic heterocycles. The lowest BCUT2D eigenvalue weighted by Gasteiger charge is -2.18. The summed E-state index contributed by atoms with van der Waals surface area (Å²) in [6.45, 7) is -1.35. The number of alkyl halides is 4. The van der Waals surface area contributed by atoms with E-state index in [0.717, 1.165) is 12.8 Å². The van der Waals surface area contributed by atoms with E-state index >= 15 is 0 Å². The van der Waals surface area contributed by atoms with Crippen LogP contribution >= 0.6 is 0 Å². The van der Waals surface area contributed by atoms with Gasteiger partial charge in [0.1, 0.15) is 4.90 Å². The number of sulfonamides is 1. The standard InChI is InChI=1S/C12H14F4N2O2S/c13-11(14)12(15,16)7-17-9-3-1-2-4-10(9)21(19,20)18-8-5-6-8/h1-4,8,11,17-18H,5-7H2. The molecular formula is C12H14F4N2O2S. The van der Waals surface area contributed by atoms with Crippen molar-refractivity contribution < 1.29 is 26.0 Å². The molecule has 4 nitrogen and oxygen atoms in total. The van der Waals surface area contributed by atoms with Crippen molar-refractivity contribution >= 4 is 15.7 Å². The first-order valence-electron chi connectivity index (χ1n) is 6.23. The molecule has 1 aliphatic carbocycles. The molecule has 118 valence electrons. The van der Waals surface area contributed by atoms with Gasteiger partial charge in [0, 0.05) is 6.04 Å². The average Bonchev–Trinajstić information content (AvgIpc) is 3.20. The third-order valence-electron chi connectivity index (χ3n) is 2.91. The van der Waals surface area contributed by atoms with Crippen molar-refractivity contribution in [3.05, 3.63) is 24.3 Å². The lowest BCUT2D eigenvalue weighted by atomic mass is 10.3. The summed E-state index contributed by atoms with van der Waals surface area (Å²) in [5.74, 6) is -4.24. The van der Waals surface area contributed by atoms with E-state index in [1.807, 2.05) is 0 Å². The van der Waals surface area contributed by atoms with Crippen molar-refractivity contribution in [1.29, 1.82) is 0 Å². The quantitative estimate of drug-likeness (QED) is 0.757. The Morgan fingerprint density at radius 2 is 1.86 bits per heavy atom. The molecule has 21 heavy (non-hydrogen) atoms. The molecule has 0 amide bonds. The first kappa shape index (κ1) is 16.0. The third kappa shape index (κ3) is 4.07. The van der Waals surface area contributed by atoms with Crippen LogP contribution < -0.4 is 10.0 Å². The molecule has 0 aromatic heterocycles. The number of hydrogen-bond acceptors (Lipinski definition) is 3. The maximum absolute atomic E-state index is 12.9. The summed E-state index contributed by atoms with van der Waals surface area (Å²) in [4.78, 5) is -0.234. The van der Waals surface area contributed by atoms with Gasteiger partial charge in [-0.2, -0.15) is 8.78 Å². The van der Waals surface area contributed by atoms with Crippen LogP contribution in [0.2, 0.25) is 0 Å². The monoisotopic (exact) mass is 326 g/mol. The number of rotatable bonds is 7. The van der Waals surface area contributed by atoms with Crippen molar-refractivity contribution in [2.24, 2.45) is 0 Å². The van der Waals surface area contributed by atoms with Crippen LogP contribution in [0.3, 0.4) is 0 Å². The van der Waals surface area contributed by atoms with E-state index in [4.69, 9.17) is 0 Å². The fourth-order valence-corrected chi connectivity index (χ4v) is 3.11. The summed E-state index contributed by atoms with van der Waals surface area (Å²) in [6, 6.07) is 5.19. The first-order chi connectivity index (χ1) is 9.72. The molecule has 1 aromatic rings. The maximum Gasteiger partial charge on any atom is 0.324 e. The summed E-state index contributed by atoms with van der Waals surface area (Å²) >= 11 is 0. The molecule has 1 saturated carbocycles. The molecule has 0 radical (unpaired) electrons. The number of hydrogen-bond donors (Lipinski definition) is 2. The van der Waals surface area contributed by atoms with E-state index in [9.17, 15) is 26.0 Å². The molecule has 0 spiro atoms. The minimum Gasteiger partial charge on any atom is -0.378 e. The SMILES string of the molecule is O=S(=O)(NC1CC1)c1ccccc1NCC(F)(F)C(F)F. The molecule has 0 heterocycles. The Labute approximate surface area is 119 Å². The fourth-order valence-electron chi connectivity index (χ4n) is 1.62. The molecule has 9 heteroatoms. The highest BCUT2D eigenvalue weighted by molar-refractivity contribution is 7.89.